The van der Waals surface area contributed by atoms with Crippen molar-refractivity contribution in [3.63, 3.8) is 0 Å². The van der Waals surface area contributed by atoms with Gasteiger partial charge < -0.3 is 5.11 Å². The monoisotopic (exact) mass is 293 g/mol. The summed E-state index contributed by atoms with van der Waals surface area (Å²) < 4.78 is 0. The van der Waals surface area contributed by atoms with Crippen molar-refractivity contribution < 1.29 is 19.5 Å². The molecule has 1 aromatic carbocycles. The largest absolute Gasteiger partial charge is 0.478 e. The third kappa shape index (κ3) is 2.56. The van der Waals surface area contributed by atoms with Gasteiger partial charge in [0.2, 0.25) is 11.8 Å². The molecule has 0 unspecified atom stereocenters. The van der Waals surface area contributed by atoms with E-state index in [1.807, 2.05) is 6.92 Å². The molecule has 0 saturated carbocycles. The lowest BCUT2D eigenvalue weighted by Crippen LogP contribution is -2.32. The van der Waals surface area contributed by atoms with Gasteiger partial charge in [0.1, 0.15) is 0 Å². The summed E-state index contributed by atoms with van der Waals surface area (Å²) in [7, 11) is 0. The Morgan fingerprint density at radius 1 is 1.45 bits per heavy atom. The number of aryl methyl sites for hydroxylation is 1. The van der Waals surface area contributed by atoms with Crippen molar-refractivity contribution in [1.29, 1.82) is 0 Å². The fourth-order valence-corrected chi connectivity index (χ4v) is 3.08. The molecule has 1 heterocycles. The SMILES string of the molecule is CCS[C@@H]1CC(=O)N(c2cc(C(=O)O)ccc2C)C1=O. The summed E-state index contributed by atoms with van der Waals surface area (Å²) in [6.07, 6.45) is 0.175. The standard InChI is InChI=1S/C14H15NO4S/c1-3-20-11-7-12(16)15(13(11)17)10-6-9(14(18)19)5-4-8(10)2/h4-6,11H,3,7H2,1-2H3,(H,18,19)/t11-/m1/s1. The summed E-state index contributed by atoms with van der Waals surface area (Å²) in [5, 5.41) is 8.66. The summed E-state index contributed by atoms with van der Waals surface area (Å²) in [6.45, 7) is 3.68. The lowest BCUT2D eigenvalue weighted by Gasteiger charge is -2.17. The first-order valence-electron chi connectivity index (χ1n) is 6.28. The van der Waals surface area contributed by atoms with Crippen LogP contribution < -0.4 is 4.90 Å². The third-order valence-electron chi connectivity index (χ3n) is 3.17. The topological polar surface area (TPSA) is 74.7 Å². The minimum atomic E-state index is -1.08. The number of carboxylic acids is 1. The smallest absolute Gasteiger partial charge is 0.335 e. The van der Waals surface area contributed by atoms with Crippen molar-refractivity contribution in [1.82, 2.24) is 0 Å². The van der Waals surface area contributed by atoms with Gasteiger partial charge >= 0.3 is 5.97 Å². The Labute approximate surface area is 121 Å². The summed E-state index contributed by atoms with van der Waals surface area (Å²) in [6, 6.07) is 4.45. The number of carbonyl (C=O) groups excluding carboxylic acids is 2. The van der Waals surface area contributed by atoms with E-state index < -0.39 is 5.97 Å². The zero-order valence-corrected chi connectivity index (χ0v) is 12.1. The number of hydrogen-bond acceptors (Lipinski definition) is 4. The van der Waals surface area contributed by atoms with E-state index in [1.165, 1.54) is 23.9 Å². The van der Waals surface area contributed by atoms with Crippen LogP contribution in [0, 0.1) is 6.92 Å². The Morgan fingerprint density at radius 3 is 2.75 bits per heavy atom. The van der Waals surface area contributed by atoms with E-state index >= 15 is 0 Å². The Bertz CT molecular complexity index is 585. The highest BCUT2D eigenvalue weighted by Gasteiger charge is 2.40. The van der Waals surface area contributed by atoms with Gasteiger partial charge in [-0.2, -0.15) is 0 Å². The van der Waals surface area contributed by atoms with E-state index in [0.717, 1.165) is 10.7 Å². The first kappa shape index (κ1) is 14.6. The average molecular weight is 293 g/mol. The van der Waals surface area contributed by atoms with E-state index in [9.17, 15) is 14.4 Å². The van der Waals surface area contributed by atoms with Crippen LogP contribution in [0.15, 0.2) is 18.2 Å². The van der Waals surface area contributed by atoms with E-state index in [-0.39, 0.29) is 29.0 Å². The van der Waals surface area contributed by atoms with Crippen LogP contribution in [0.5, 0.6) is 0 Å². The lowest BCUT2D eigenvalue weighted by atomic mass is 10.1. The van der Waals surface area contributed by atoms with E-state index in [0.29, 0.717) is 11.3 Å². The minimum Gasteiger partial charge on any atom is -0.478 e. The molecule has 20 heavy (non-hydrogen) atoms. The summed E-state index contributed by atoms with van der Waals surface area (Å²) in [4.78, 5) is 36.5. The van der Waals surface area contributed by atoms with Gasteiger partial charge in [0, 0.05) is 6.42 Å². The van der Waals surface area contributed by atoms with E-state index in [4.69, 9.17) is 5.11 Å². The molecule has 1 saturated heterocycles. The maximum atomic E-state index is 12.3. The molecule has 1 aliphatic rings. The number of amides is 2. The van der Waals surface area contributed by atoms with Gasteiger partial charge in [-0.25, -0.2) is 9.69 Å². The highest BCUT2D eigenvalue weighted by molar-refractivity contribution is 8.00. The lowest BCUT2D eigenvalue weighted by molar-refractivity contribution is -0.121. The molecule has 1 aromatic rings. The van der Waals surface area contributed by atoms with Crippen LogP contribution in [0.3, 0.4) is 0 Å². The number of aromatic carboxylic acids is 1. The fourth-order valence-electron chi connectivity index (χ4n) is 2.17. The van der Waals surface area contributed by atoms with Crippen LogP contribution in [-0.4, -0.2) is 33.9 Å². The molecule has 2 amide bonds. The minimum absolute atomic E-state index is 0.0674. The number of imide groups is 1. The van der Waals surface area contributed by atoms with E-state index in [1.54, 1.807) is 13.0 Å². The predicted molar refractivity (Wildman–Crippen MR) is 77.2 cm³/mol. The summed E-state index contributed by atoms with van der Waals surface area (Å²) in [5.41, 5.74) is 1.15. The van der Waals surface area contributed by atoms with Crippen molar-refractivity contribution in [2.24, 2.45) is 0 Å². The second-order valence-electron chi connectivity index (χ2n) is 4.52. The van der Waals surface area contributed by atoms with Crippen molar-refractivity contribution in [3.05, 3.63) is 29.3 Å². The van der Waals surface area contributed by atoms with Crippen LogP contribution in [0.2, 0.25) is 0 Å². The molecule has 0 spiro atoms. The first-order valence-corrected chi connectivity index (χ1v) is 7.33. The third-order valence-corrected chi connectivity index (χ3v) is 4.27. The number of hydrogen-bond donors (Lipinski definition) is 1. The number of rotatable bonds is 4. The van der Waals surface area contributed by atoms with Crippen LogP contribution in [0.4, 0.5) is 5.69 Å². The van der Waals surface area contributed by atoms with Crippen molar-refractivity contribution in [3.8, 4) is 0 Å². The molecular formula is C14H15NO4S. The molecule has 6 heteroatoms. The van der Waals surface area contributed by atoms with Gasteiger partial charge in [-0.15, -0.1) is 11.8 Å². The Kier molecular flexibility index (Phi) is 4.13. The normalized spacial score (nSPS) is 18.7. The molecule has 0 aromatic heterocycles. The van der Waals surface area contributed by atoms with Crippen molar-refractivity contribution in [2.45, 2.75) is 25.5 Å². The van der Waals surface area contributed by atoms with Crippen LogP contribution >= 0.6 is 11.8 Å². The molecule has 2 rings (SSSR count). The quantitative estimate of drug-likeness (QED) is 0.860. The van der Waals surface area contributed by atoms with E-state index in [2.05, 4.69) is 0 Å². The molecule has 1 atom stereocenters. The van der Waals surface area contributed by atoms with Crippen LogP contribution in [0.1, 0.15) is 29.3 Å². The highest BCUT2D eigenvalue weighted by Crippen LogP contribution is 2.32. The number of carboxylic acid groups (broad SMARTS) is 1. The maximum absolute atomic E-state index is 12.3. The highest BCUT2D eigenvalue weighted by atomic mass is 32.2. The molecule has 1 fully saturated rings. The van der Waals surface area contributed by atoms with Gasteiger partial charge in [0.15, 0.2) is 0 Å². The number of nitrogens with zero attached hydrogens (tertiary/aromatic N) is 1. The summed E-state index contributed by atoms with van der Waals surface area (Å²) >= 11 is 1.44. The molecule has 1 aliphatic heterocycles. The van der Waals surface area contributed by atoms with Gasteiger partial charge in [-0.1, -0.05) is 13.0 Å². The van der Waals surface area contributed by atoms with Crippen molar-refractivity contribution >= 4 is 35.2 Å². The van der Waals surface area contributed by atoms with Gasteiger partial charge in [0.05, 0.1) is 16.5 Å². The second kappa shape index (κ2) is 5.66. The number of benzene rings is 1. The molecule has 1 N–H and O–H groups in total. The van der Waals surface area contributed by atoms with Gasteiger partial charge in [0.25, 0.3) is 0 Å². The molecule has 106 valence electrons. The zero-order valence-electron chi connectivity index (χ0n) is 11.3. The Hall–Kier alpha value is -1.82. The number of anilines is 1. The molecular weight excluding hydrogens is 278 g/mol. The summed E-state index contributed by atoms with van der Waals surface area (Å²) in [5.74, 6) is -0.852. The van der Waals surface area contributed by atoms with Crippen LogP contribution in [-0.2, 0) is 9.59 Å². The maximum Gasteiger partial charge on any atom is 0.335 e. The Balaban J connectivity index is 2.40. The second-order valence-corrected chi connectivity index (χ2v) is 6.00. The van der Waals surface area contributed by atoms with Gasteiger partial charge in [-0.3, -0.25) is 9.59 Å². The zero-order chi connectivity index (χ0) is 14.9. The molecule has 0 aliphatic carbocycles. The molecule has 0 radical (unpaired) electrons. The Morgan fingerprint density at radius 2 is 2.15 bits per heavy atom. The number of thioether (sulfide) groups is 1. The average Bonchev–Trinajstić information content (AvgIpc) is 2.66. The fraction of sp³-hybridized carbons (Fsp3) is 0.357. The first-order chi connectivity index (χ1) is 9.45. The molecule has 0 bridgehead atoms. The predicted octanol–water partition coefficient (Wildman–Crippen LogP) is 2.08. The van der Waals surface area contributed by atoms with Crippen molar-refractivity contribution in [2.75, 3.05) is 10.7 Å². The van der Waals surface area contributed by atoms with Crippen LogP contribution in [0.25, 0.3) is 0 Å². The molecule has 5 nitrogen and oxygen atoms in total. The number of carbonyl (C=O) groups is 3. The van der Waals surface area contributed by atoms with Gasteiger partial charge in [-0.05, 0) is 30.4 Å².